The summed E-state index contributed by atoms with van der Waals surface area (Å²) in [5.41, 5.74) is 5.65. The molecule has 3 nitrogen and oxygen atoms in total. The normalized spacial score (nSPS) is 16.5. The third-order valence-electron chi connectivity index (χ3n) is 4.41. The Bertz CT molecular complexity index is 688. The van der Waals surface area contributed by atoms with Crippen LogP contribution in [0.25, 0.3) is 0 Å². The van der Waals surface area contributed by atoms with Crippen molar-refractivity contribution in [3.63, 3.8) is 0 Å². The highest BCUT2D eigenvalue weighted by Gasteiger charge is 2.27. The van der Waals surface area contributed by atoms with E-state index in [0.717, 1.165) is 23.2 Å². The van der Waals surface area contributed by atoms with Gasteiger partial charge in [0.05, 0.1) is 6.54 Å². The zero-order valence-corrected chi connectivity index (χ0v) is 13.4. The molecule has 1 heterocycles. The van der Waals surface area contributed by atoms with Gasteiger partial charge in [0.15, 0.2) is 0 Å². The van der Waals surface area contributed by atoms with Gasteiger partial charge in [-0.15, -0.1) is 0 Å². The molecule has 2 aromatic rings. The van der Waals surface area contributed by atoms with E-state index in [1.54, 1.807) is 0 Å². The molecule has 0 bridgehead atoms. The molecule has 2 aromatic carbocycles. The summed E-state index contributed by atoms with van der Waals surface area (Å²) < 4.78 is 0. The fourth-order valence-corrected chi connectivity index (χ4v) is 3.22. The molecule has 1 N–H and O–H groups in total. The van der Waals surface area contributed by atoms with E-state index in [0.29, 0.717) is 12.6 Å². The number of fused-ring (bicyclic) bond motifs is 1. The van der Waals surface area contributed by atoms with Gasteiger partial charge in [-0.25, -0.2) is 0 Å². The number of benzene rings is 2. The highest BCUT2D eigenvalue weighted by molar-refractivity contribution is 5.95. The molecule has 3 heteroatoms. The first-order valence-corrected chi connectivity index (χ1v) is 7.77. The van der Waals surface area contributed by atoms with Gasteiger partial charge >= 0.3 is 0 Å². The Balaban J connectivity index is 1.75. The van der Waals surface area contributed by atoms with Crippen molar-refractivity contribution in [2.45, 2.75) is 33.2 Å². The van der Waals surface area contributed by atoms with Gasteiger partial charge in [0.2, 0.25) is 5.91 Å². The van der Waals surface area contributed by atoms with E-state index in [4.69, 9.17) is 0 Å². The summed E-state index contributed by atoms with van der Waals surface area (Å²) in [4.78, 5) is 14.7. The average molecular weight is 294 g/mol. The molecule has 1 amide bonds. The summed E-state index contributed by atoms with van der Waals surface area (Å²) in [7, 11) is 0. The summed E-state index contributed by atoms with van der Waals surface area (Å²) in [6, 6.07) is 14.8. The Morgan fingerprint density at radius 2 is 1.82 bits per heavy atom. The van der Waals surface area contributed by atoms with Gasteiger partial charge < -0.3 is 10.2 Å². The van der Waals surface area contributed by atoms with Gasteiger partial charge in [0, 0.05) is 17.4 Å². The largest absolute Gasteiger partial charge is 0.359 e. The van der Waals surface area contributed by atoms with Crippen LogP contribution >= 0.6 is 0 Å². The fraction of sp³-hybridized carbons (Fsp3) is 0.316. The minimum atomic E-state index is 0.0425. The Hall–Kier alpha value is -2.29. The summed E-state index contributed by atoms with van der Waals surface area (Å²) in [6.07, 6.45) is 1.01. The second kappa shape index (κ2) is 5.84. The summed E-state index contributed by atoms with van der Waals surface area (Å²) in [5.74, 6) is 0.0425. The Morgan fingerprint density at radius 1 is 1.14 bits per heavy atom. The standard InChI is InChI=1S/C19H22N2O/c1-13-7-6-8-14(2)19(13)20-18(22)12-21-15(3)11-16-9-4-5-10-17(16)21/h4-10,15H,11-12H2,1-3H3,(H,20,22)/t15-/m0/s1. The molecule has 0 spiro atoms. The zero-order valence-electron chi connectivity index (χ0n) is 13.4. The minimum absolute atomic E-state index is 0.0425. The monoisotopic (exact) mass is 294 g/mol. The van der Waals surface area contributed by atoms with Crippen molar-refractivity contribution < 1.29 is 4.79 Å². The lowest BCUT2D eigenvalue weighted by Crippen LogP contribution is -2.37. The lowest BCUT2D eigenvalue weighted by atomic mass is 10.1. The van der Waals surface area contributed by atoms with E-state index in [1.807, 2.05) is 38.1 Å². The van der Waals surface area contributed by atoms with Gasteiger partial charge in [-0.1, -0.05) is 36.4 Å². The van der Waals surface area contributed by atoms with E-state index in [2.05, 4.69) is 35.3 Å². The number of nitrogens with zero attached hydrogens (tertiary/aromatic N) is 1. The number of carbonyl (C=O) groups excluding carboxylic acids is 1. The number of amides is 1. The molecule has 0 aromatic heterocycles. The van der Waals surface area contributed by atoms with E-state index in [1.165, 1.54) is 11.3 Å². The van der Waals surface area contributed by atoms with Gasteiger partial charge in [-0.3, -0.25) is 4.79 Å². The van der Waals surface area contributed by atoms with Gasteiger partial charge in [0.25, 0.3) is 0 Å². The first-order valence-electron chi connectivity index (χ1n) is 7.77. The Labute approximate surface area is 132 Å². The molecular formula is C19H22N2O. The molecule has 0 saturated heterocycles. The molecule has 0 radical (unpaired) electrons. The van der Waals surface area contributed by atoms with E-state index < -0.39 is 0 Å². The van der Waals surface area contributed by atoms with Gasteiger partial charge in [-0.2, -0.15) is 0 Å². The van der Waals surface area contributed by atoms with E-state index in [9.17, 15) is 4.79 Å². The molecule has 1 aliphatic rings. The second-order valence-corrected chi connectivity index (χ2v) is 6.12. The van der Waals surface area contributed by atoms with Crippen LogP contribution in [-0.4, -0.2) is 18.5 Å². The maximum absolute atomic E-state index is 12.5. The predicted octanol–water partition coefficient (Wildman–Crippen LogP) is 3.69. The molecule has 1 atom stereocenters. The van der Waals surface area contributed by atoms with Crippen LogP contribution in [-0.2, 0) is 11.2 Å². The number of anilines is 2. The van der Waals surface area contributed by atoms with Crippen LogP contribution in [0.5, 0.6) is 0 Å². The van der Waals surface area contributed by atoms with Crippen LogP contribution in [0.15, 0.2) is 42.5 Å². The van der Waals surface area contributed by atoms with Crippen molar-refractivity contribution in [2.75, 3.05) is 16.8 Å². The van der Waals surface area contributed by atoms with Crippen molar-refractivity contribution >= 4 is 17.3 Å². The molecule has 0 unspecified atom stereocenters. The third kappa shape index (κ3) is 2.71. The fourth-order valence-electron chi connectivity index (χ4n) is 3.22. The number of carbonyl (C=O) groups is 1. The number of hydrogen-bond donors (Lipinski definition) is 1. The molecule has 0 fully saturated rings. The first-order chi connectivity index (χ1) is 10.6. The maximum atomic E-state index is 12.5. The van der Waals surface area contributed by atoms with E-state index in [-0.39, 0.29) is 5.91 Å². The van der Waals surface area contributed by atoms with Crippen molar-refractivity contribution in [1.29, 1.82) is 0 Å². The number of para-hydroxylation sites is 2. The quantitative estimate of drug-likeness (QED) is 0.936. The van der Waals surface area contributed by atoms with Crippen molar-refractivity contribution in [3.8, 4) is 0 Å². The number of rotatable bonds is 3. The third-order valence-corrected chi connectivity index (χ3v) is 4.41. The molecule has 0 saturated carbocycles. The smallest absolute Gasteiger partial charge is 0.243 e. The van der Waals surface area contributed by atoms with Gasteiger partial charge in [0.1, 0.15) is 0 Å². The van der Waals surface area contributed by atoms with Crippen LogP contribution in [0.4, 0.5) is 11.4 Å². The maximum Gasteiger partial charge on any atom is 0.243 e. The molecule has 114 valence electrons. The Kier molecular flexibility index (Phi) is 3.88. The average Bonchev–Trinajstić information content (AvgIpc) is 2.79. The van der Waals surface area contributed by atoms with Crippen LogP contribution in [0.3, 0.4) is 0 Å². The van der Waals surface area contributed by atoms with Crippen LogP contribution in [0.1, 0.15) is 23.6 Å². The summed E-state index contributed by atoms with van der Waals surface area (Å²) in [6.45, 7) is 6.62. The SMILES string of the molecule is Cc1cccc(C)c1NC(=O)CN1c2ccccc2C[C@@H]1C. The summed E-state index contributed by atoms with van der Waals surface area (Å²) >= 11 is 0. The highest BCUT2D eigenvalue weighted by Crippen LogP contribution is 2.31. The second-order valence-electron chi connectivity index (χ2n) is 6.12. The molecule has 1 aliphatic heterocycles. The predicted molar refractivity (Wildman–Crippen MR) is 91.5 cm³/mol. The van der Waals surface area contributed by atoms with Crippen molar-refractivity contribution in [2.24, 2.45) is 0 Å². The summed E-state index contributed by atoms with van der Waals surface area (Å²) in [5, 5.41) is 3.08. The molecule has 0 aliphatic carbocycles. The van der Waals surface area contributed by atoms with Gasteiger partial charge in [-0.05, 0) is 49.9 Å². The van der Waals surface area contributed by atoms with Crippen LogP contribution in [0.2, 0.25) is 0 Å². The van der Waals surface area contributed by atoms with Crippen LogP contribution < -0.4 is 10.2 Å². The van der Waals surface area contributed by atoms with E-state index >= 15 is 0 Å². The van der Waals surface area contributed by atoms with Crippen LogP contribution in [0, 0.1) is 13.8 Å². The highest BCUT2D eigenvalue weighted by atomic mass is 16.2. The topological polar surface area (TPSA) is 32.3 Å². The minimum Gasteiger partial charge on any atom is -0.359 e. The first kappa shape index (κ1) is 14.6. The molecule has 3 rings (SSSR count). The molecule has 22 heavy (non-hydrogen) atoms. The number of nitrogens with one attached hydrogen (secondary N) is 1. The van der Waals surface area contributed by atoms with Crippen molar-refractivity contribution in [3.05, 3.63) is 59.2 Å². The van der Waals surface area contributed by atoms with Crippen molar-refractivity contribution in [1.82, 2.24) is 0 Å². The lowest BCUT2D eigenvalue weighted by Gasteiger charge is -2.24. The number of aryl methyl sites for hydroxylation is 2. The zero-order chi connectivity index (χ0) is 15.7. The number of hydrogen-bond acceptors (Lipinski definition) is 2. The lowest BCUT2D eigenvalue weighted by molar-refractivity contribution is -0.115. The molecular weight excluding hydrogens is 272 g/mol. The Morgan fingerprint density at radius 3 is 2.55 bits per heavy atom.